The Labute approximate surface area is 88.2 Å². The molecule has 0 aliphatic heterocycles. The monoisotopic (exact) mass is 283 g/mol. The normalized spacial score (nSPS) is 13.3. The largest absolute Gasteiger partial charge is 0.190 e. The standard InChI is InChI=1S/C10H5Br2/c11-8-5-1-3-7-4-2-6-9(12)10(7)8/h1-5H/q+1. The molecule has 0 fully saturated rings. The minimum absolute atomic E-state index is 1.01. The molecule has 1 aliphatic carbocycles. The number of rotatable bonds is 0. The minimum Gasteiger partial charge on any atom is -0.0569 e. The molecule has 0 spiro atoms. The van der Waals surface area contributed by atoms with Crippen LogP contribution in [0.25, 0.3) is 10.6 Å². The van der Waals surface area contributed by atoms with Gasteiger partial charge in [-0.3, -0.25) is 0 Å². The summed E-state index contributed by atoms with van der Waals surface area (Å²) in [5.74, 6) is 0. The van der Waals surface area contributed by atoms with E-state index in [0.717, 1.165) is 8.96 Å². The first-order valence-electron chi connectivity index (χ1n) is 3.53. The van der Waals surface area contributed by atoms with Crippen molar-refractivity contribution in [1.29, 1.82) is 0 Å². The van der Waals surface area contributed by atoms with Crippen molar-refractivity contribution in [2.75, 3.05) is 0 Å². The predicted octanol–water partition coefficient (Wildman–Crippen LogP) is 4.01. The van der Waals surface area contributed by atoms with Crippen LogP contribution in [-0.2, 0) is 0 Å². The Morgan fingerprint density at radius 3 is 2.75 bits per heavy atom. The SMILES string of the molecule is BrC1=[C+]C=Cc2cccc(Br)c21. The molecule has 0 aromatic heterocycles. The zero-order valence-corrected chi connectivity index (χ0v) is 9.31. The van der Waals surface area contributed by atoms with Gasteiger partial charge in [0.25, 0.3) is 0 Å². The van der Waals surface area contributed by atoms with Crippen molar-refractivity contribution in [2.45, 2.75) is 0 Å². The van der Waals surface area contributed by atoms with Crippen LogP contribution in [0.4, 0.5) is 0 Å². The van der Waals surface area contributed by atoms with Crippen molar-refractivity contribution >= 4 is 42.4 Å². The molecule has 0 saturated heterocycles. The summed E-state index contributed by atoms with van der Waals surface area (Å²) in [6, 6.07) is 6.14. The molecule has 1 aromatic carbocycles. The van der Waals surface area contributed by atoms with Gasteiger partial charge in [-0.05, 0) is 44.0 Å². The van der Waals surface area contributed by atoms with Gasteiger partial charge in [0.05, 0.1) is 22.2 Å². The molecule has 0 saturated carbocycles. The fourth-order valence-corrected chi connectivity index (χ4v) is 2.61. The minimum atomic E-state index is 1.01. The first kappa shape index (κ1) is 8.18. The Hall–Kier alpha value is -0.430. The molecule has 58 valence electrons. The maximum absolute atomic E-state index is 3.50. The predicted molar refractivity (Wildman–Crippen MR) is 58.8 cm³/mol. The molecule has 0 unspecified atom stereocenters. The Morgan fingerprint density at radius 1 is 1.17 bits per heavy atom. The first-order chi connectivity index (χ1) is 5.79. The molecule has 2 rings (SSSR count). The van der Waals surface area contributed by atoms with Crippen molar-refractivity contribution in [3.05, 3.63) is 46.0 Å². The van der Waals surface area contributed by atoms with E-state index < -0.39 is 0 Å². The van der Waals surface area contributed by atoms with Gasteiger partial charge >= 0.3 is 0 Å². The number of halogens is 2. The summed E-state index contributed by atoms with van der Waals surface area (Å²) in [5, 5.41) is 0. The zero-order valence-electron chi connectivity index (χ0n) is 6.14. The van der Waals surface area contributed by atoms with E-state index in [0.29, 0.717) is 0 Å². The number of hydrogen-bond donors (Lipinski definition) is 0. The van der Waals surface area contributed by atoms with Crippen LogP contribution in [0.3, 0.4) is 0 Å². The van der Waals surface area contributed by atoms with E-state index in [1.807, 2.05) is 24.3 Å². The van der Waals surface area contributed by atoms with Gasteiger partial charge in [0.1, 0.15) is 11.6 Å². The van der Waals surface area contributed by atoms with Gasteiger partial charge in [-0.15, -0.1) is 0 Å². The molecule has 0 radical (unpaired) electrons. The van der Waals surface area contributed by atoms with Gasteiger partial charge in [0.2, 0.25) is 0 Å². The molecule has 0 nitrogen and oxygen atoms in total. The maximum Gasteiger partial charge on any atom is 0.190 e. The van der Waals surface area contributed by atoms with Gasteiger partial charge in [-0.2, -0.15) is 0 Å². The Kier molecular flexibility index (Phi) is 2.14. The van der Waals surface area contributed by atoms with E-state index in [9.17, 15) is 0 Å². The molecule has 1 aliphatic rings. The van der Waals surface area contributed by atoms with Crippen molar-refractivity contribution in [2.24, 2.45) is 0 Å². The first-order valence-corrected chi connectivity index (χ1v) is 5.12. The van der Waals surface area contributed by atoms with Crippen LogP contribution in [0, 0.1) is 6.08 Å². The topological polar surface area (TPSA) is 0 Å². The molecule has 2 heteroatoms. The van der Waals surface area contributed by atoms with Gasteiger partial charge in [0, 0.05) is 0 Å². The van der Waals surface area contributed by atoms with E-state index in [-0.39, 0.29) is 0 Å². The highest BCUT2D eigenvalue weighted by atomic mass is 79.9. The number of allylic oxidation sites excluding steroid dienone is 2. The molecular weight excluding hydrogens is 280 g/mol. The summed E-state index contributed by atoms with van der Waals surface area (Å²) >= 11 is 6.96. The van der Waals surface area contributed by atoms with E-state index in [4.69, 9.17) is 0 Å². The van der Waals surface area contributed by atoms with Gasteiger partial charge in [0.15, 0.2) is 4.48 Å². The van der Waals surface area contributed by atoms with Crippen molar-refractivity contribution < 1.29 is 0 Å². The summed E-state index contributed by atoms with van der Waals surface area (Å²) < 4.78 is 2.11. The third kappa shape index (κ3) is 1.27. The van der Waals surface area contributed by atoms with Crippen LogP contribution in [0.5, 0.6) is 0 Å². The molecule has 1 aromatic rings. The number of fused-ring (bicyclic) bond motifs is 1. The lowest BCUT2D eigenvalue weighted by Crippen LogP contribution is -1.88. The highest BCUT2D eigenvalue weighted by Crippen LogP contribution is 2.34. The molecule has 0 amide bonds. The second-order valence-corrected chi connectivity index (χ2v) is 4.14. The fraction of sp³-hybridized carbons (Fsp3) is 0. The lowest BCUT2D eigenvalue weighted by Gasteiger charge is -2.00. The van der Waals surface area contributed by atoms with Crippen molar-refractivity contribution in [3.8, 4) is 0 Å². The Balaban J connectivity index is 2.73. The molecule has 0 bridgehead atoms. The molecular formula is C10H5Br2+. The van der Waals surface area contributed by atoms with Crippen molar-refractivity contribution in [3.63, 3.8) is 0 Å². The third-order valence-electron chi connectivity index (χ3n) is 1.74. The molecule has 0 N–H and O–H groups in total. The Bertz CT molecular complexity index is 375. The zero-order chi connectivity index (χ0) is 8.55. The number of hydrogen-bond acceptors (Lipinski definition) is 0. The summed E-state index contributed by atoms with van der Waals surface area (Å²) in [6.07, 6.45) is 7.06. The lowest BCUT2D eigenvalue weighted by molar-refractivity contribution is 1.53. The average molecular weight is 285 g/mol. The van der Waals surface area contributed by atoms with Crippen LogP contribution in [0.2, 0.25) is 0 Å². The van der Waals surface area contributed by atoms with Crippen molar-refractivity contribution in [1.82, 2.24) is 0 Å². The van der Waals surface area contributed by atoms with E-state index in [2.05, 4.69) is 44.0 Å². The summed E-state index contributed by atoms with van der Waals surface area (Å²) in [4.78, 5) is 0. The lowest BCUT2D eigenvalue weighted by atomic mass is 10.0. The Morgan fingerprint density at radius 2 is 2.00 bits per heavy atom. The van der Waals surface area contributed by atoms with Crippen LogP contribution in [0.1, 0.15) is 11.1 Å². The second kappa shape index (κ2) is 3.14. The van der Waals surface area contributed by atoms with Crippen LogP contribution in [-0.4, -0.2) is 0 Å². The highest BCUT2D eigenvalue weighted by Gasteiger charge is 2.19. The average Bonchev–Trinajstić information content (AvgIpc) is 2.04. The van der Waals surface area contributed by atoms with E-state index in [1.54, 1.807) is 0 Å². The van der Waals surface area contributed by atoms with E-state index >= 15 is 0 Å². The second-order valence-electron chi connectivity index (χ2n) is 2.50. The molecule has 12 heavy (non-hydrogen) atoms. The summed E-state index contributed by atoms with van der Waals surface area (Å²) in [5.41, 5.74) is 2.40. The summed E-state index contributed by atoms with van der Waals surface area (Å²) in [7, 11) is 0. The van der Waals surface area contributed by atoms with Gasteiger partial charge in [-0.25, -0.2) is 0 Å². The fourth-order valence-electron chi connectivity index (χ4n) is 1.19. The molecule has 0 atom stereocenters. The van der Waals surface area contributed by atoms with E-state index in [1.165, 1.54) is 11.1 Å². The maximum atomic E-state index is 3.50. The van der Waals surface area contributed by atoms with Gasteiger partial charge in [-0.1, -0.05) is 6.07 Å². The third-order valence-corrected chi connectivity index (χ3v) is 3.02. The van der Waals surface area contributed by atoms with Crippen LogP contribution < -0.4 is 0 Å². The van der Waals surface area contributed by atoms with Crippen LogP contribution >= 0.6 is 31.9 Å². The number of benzene rings is 1. The highest BCUT2D eigenvalue weighted by molar-refractivity contribution is 9.15. The summed E-state index contributed by atoms with van der Waals surface area (Å²) in [6.45, 7) is 0. The molecule has 0 heterocycles. The van der Waals surface area contributed by atoms with Gasteiger partial charge < -0.3 is 0 Å². The quantitative estimate of drug-likeness (QED) is 0.632. The smallest absolute Gasteiger partial charge is 0.0569 e. The van der Waals surface area contributed by atoms with Crippen LogP contribution in [0.15, 0.2) is 28.7 Å².